The fourth-order valence-electron chi connectivity index (χ4n) is 2.34. The van der Waals surface area contributed by atoms with Crippen LogP contribution in [0.15, 0.2) is 12.5 Å². The molecule has 0 saturated carbocycles. The maximum atomic E-state index is 12.5. The zero-order valence-corrected chi connectivity index (χ0v) is 16.5. The molecular weight excluding hydrogens is 384 g/mol. The summed E-state index contributed by atoms with van der Waals surface area (Å²) in [6.45, 7) is 4.24. The van der Waals surface area contributed by atoms with Gasteiger partial charge >= 0.3 is 5.97 Å². The van der Waals surface area contributed by atoms with Gasteiger partial charge in [-0.2, -0.15) is 0 Å². The first kappa shape index (κ1) is 24.0. The molecule has 4 unspecified atom stereocenters. The third kappa shape index (κ3) is 7.87. The lowest BCUT2D eigenvalue weighted by molar-refractivity contribution is -0.142. The first-order valence-corrected chi connectivity index (χ1v) is 9.04. The number of carbonyl (C=O) groups excluding carboxylic acids is 3. The molecule has 162 valence electrons. The van der Waals surface area contributed by atoms with Gasteiger partial charge in [-0.3, -0.25) is 14.4 Å². The molecule has 0 saturated heterocycles. The Morgan fingerprint density at radius 3 is 2.31 bits per heavy atom. The molecule has 8 N–H and O–H groups in total. The van der Waals surface area contributed by atoms with Crippen molar-refractivity contribution in [2.24, 2.45) is 11.7 Å². The van der Waals surface area contributed by atoms with Gasteiger partial charge in [-0.1, -0.05) is 13.8 Å². The second-order valence-electron chi connectivity index (χ2n) is 6.95. The van der Waals surface area contributed by atoms with Crippen LogP contribution in [0.25, 0.3) is 0 Å². The Morgan fingerprint density at radius 2 is 1.83 bits per heavy atom. The number of aliphatic carboxylic acids is 1. The molecule has 0 bridgehead atoms. The molecule has 0 fully saturated rings. The smallest absolute Gasteiger partial charge is 0.326 e. The third-order valence-corrected chi connectivity index (χ3v) is 4.10. The molecule has 0 aliphatic carbocycles. The second kappa shape index (κ2) is 11.1. The van der Waals surface area contributed by atoms with Gasteiger partial charge < -0.3 is 36.9 Å². The number of carboxylic acid groups (broad SMARTS) is 1. The van der Waals surface area contributed by atoms with Crippen molar-refractivity contribution in [2.75, 3.05) is 6.54 Å². The summed E-state index contributed by atoms with van der Waals surface area (Å²) >= 11 is 0. The van der Waals surface area contributed by atoms with Crippen molar-refractivity contribution in [1.29, 1.82) is 0 Å². The topological polar surface area (TPSA) is 200 Å². The Balaban J connectivity index is 2.67. The molecule has 3 amide bonds. The number of carboxylic acids is 1. The van der Waals surface area contributed by atoms with Crippen LogP contribution in [-0.4, -0.2) is 74.6 Å². The number of hydrogen-bond acceptors (Lipinski definition) is 7. The first-order valence-electron chi connectivity index (χ1n) is 9.04. The highest BCUT2D eigenvalue weighted by Gasteiger charge is 2.29. The Labute approximate surface area is 167 Å². The van der Waals surface area contributed by atoms with Gasteiger partial charge in [-0.25, -0.2) is 9.78 Å². The van der Waals surface area contributed by atoms with E-state index in [1.165, 1.54) is 19.4 Å². The number of carbonyl (C=O) groups is 4. The van der Waals surface area contributed by atoms with E-state index in [0.717, 1.165) is 0 Å². The average Bonchev–Trinajstić information content (AvgIpc) is 3.15. The van der Waals surface area contributed by atoms with E-state index >= 15 is 0 Å². The fraction of sp³-hybridized carbons (Fsp3) is 0.588. The van der Waals surface area contributed by atoms with E-state index in [1.807, 2.05) is 0 Å². The number of H-pyrrole nitrogens is 1. The molecule has 0 aliphatic heterocycles. The normalized spacial score (nSPS) is 15.1. The van der Waals surface area contributed by atoms with Crippen molar-refractivity contribution < 1.29 is 29.4 Å². The number of amides is 3. The largest absolute Gasteiger partial charge is 0.480 e. The van der Waals surface area contributed by atoms with Crippen LogP contribution >= 0.6 is 0 Å². The minimum Gasteiger partial charge on any atom is -0.480 e. The number of aromatic amines is 1. The number of imidazole rings is 1. The van der Waals surface area contributed by atoms with Gasteiger partial charge in [0.15, 0.2) is 0 Å². The van der Waals surface area contributed by atoms with E-state index in [2.05, 4.69) is 25.9 Å². The Morgan fingerprint density at radius 1 is 1.17 bits per heavy atom. The van der Waals surface area contributed by atoms with Crippen molar-refractivity contribution >= 4 is 23.7 Å². The van der Waals surface area contributed by atoms with Crippen molar-refractivity contribution in [1.82, 2.24) is 25.9 Å². The molecule has 1 rings (SSSR count). The van der Waals surface area contributed by atoms with Crippen LogP contribution in [0.2, 0.25) is 0 Å². The molecule has 4 atom stereocenters. The third-order valence-electron chi connectivity index (χ3n) is 4.10. The number of nitrogens with two attached hydrogens (primary N) is 1. The first-order chi connectivity index (χ1) is 13.5. The van der Waals surface area contributed by atoms with Crippen molar-refractivity contribution in [3.05, 3.63) is 18.2 Å². The minimum atomic E-state index is -1.24. The molecule has 1 heterocycles. The van der Waals surface area contributed by atoms with E-state index in [1.54, 1.807) is 13.8 Å². The molecule has 1 aromatic rings. The number of nitrogens with zero attached hydrogens (tertiary/aromatic N) is 1. The summed E-state index contributed by atoms with van der Waals surface area (Å²) < 4.78 is 0. The molecule has 0 spiro atoms. The molecule has 12 heteroatoms. The zero-order valence-electron chi connectivity index (χ0n) is 16.5. The SMILES string of the molecule is CC(C)C(NC(=O)CNC(=O)C(N)C(C)O)C(=O)NC(Cc1cnc[nH]1)C(=O)O. The van der Waals surface area contributed by atoms with Gasteiger partial charge in [-0.05, 0) is 12.8 Å². The van der Waals surface area contributed by atoms with Crippen LogP contribution < -0.4 is 21.7 Å². The predicted molar refractivity (Wildman–Crippen MR) is 101 cm³/mol. The molecule has 0 aliphatic rings. The lowest BCUT2D eigenvalue weighted by Gasteiger charge is -2.24. The summed E-state index contributed by atoms with van der Waals surface area (Å²) in [5.74, 6) is -3.64. The van der Waals surface area contributed by atoms with Gasteiger partial charge in [0.05, 0.1) is 19.0 Å². The lowest BCUT2D eigenvalue weighted by atomic mass is 10.0. The molecule has 1 aromatic heterocycles. The predicted octanol–water partition coefficient (Wildman–Crippen LogP) is -2.51. The van der Waals surface area contributed by atoms with Crippen LogP contribution in [0.1, 0.15) is 26.5 Å². The molecule has 12 nitrogen and oxygen atoms in total. The summed E-state index contributed by atoms with van der Waals surface area (Å²) in [5.41, 5.74) is 5.99. The van der Waals surface area contributed by atoms with Crippen LogP contribution in [0, 0.1) is 5.92 Å². The van der Waals surface area contributed by atoms with Gasteiger partial charge in [-0.15, -0.1) is 0 Å². The molecule has 0 radical (unpaired) electrons. The van der Waals surface area contributed by atoms with Gasteiger partial charge in [0.25, 0.3) is 0 Å². The monoisotopic (exact) mass is 412 g/mol. The van der Waals surface area contributed by atoms with Crippen LogP contribution in [0.3, 0.4) is 0 Å². The summed E-state index contributed by atoms with van der Waals surface area (Å²) in [4.78, 5) is 54.3. The molecule has 0 aromatic carbocycles. The van der Waals surface area contributed by atoms with Crippen LogP contribution in [0.5, 0.6) is 0 Å². The van der Waals surface area contributed by atoms with E-state index in [9.17, 15) is 29.4 Å². The highest BCUT2D eigenvalue weighted by Crippen LogP contribution is 2.05. The summed E-state index contributed by atoms with van der Waals surface area (Å²) in [6.07, 6.45) is 1.75. The Kier molecular flexibility index (Phi) is 9.22. The van der Waals surface area contributed by atoms with Crippen LogP contribution in [0.4, 0.5) is 0 Å². The van der Waals surface area contributed by atoms with Gasteiger partial charge in [0.2, 0.25) is 17.7 Å². The highest BCUT2D eigenvalue weighted by molar-refractivity contribution is 5.92. The number of rotatable bonds is 11. The van der Waals surface area contributed by atoms with Crippen molar-refractivity contribution in [3.63, 3.8) is 0 Å². The zero-order chi connectivity index (χ0) is 22.1. The number of aliphatic hydroxyl groups is 1. The number of aliphatic hydroxyl groups excluding tert-OH is 1. The lowest BCUT2D eigenvalue weighted by Crippen LogP contribution is -2.56. The maximum Gasteiger partial charge on any atom is 0.326 e. The summed E-state index contributed by atoms with van der Waals surface area (Å²) in [6, 6.07) is -3.43. The quantitative estimate of drug-likeness (QED) is 0.206. The van der Waals surface area contributed by atoms with E-state index in [0.29, 0.717) is 5.69 Å². The molecule has 29 heavy (non-hydrogen) atoms. The summed E-state index contributed by atoms with van der Waals surface area (Å²) in [7, 11) is 0. The minimum absolute atomic E-state index is 0.00682. The van der Waals surface area contributed by atoms with E-state index < -0.39 is 54.5 Å². The maximum absolute atomic E-state index is 12.5. The Hall–Kier alpha value is -2.99. The average molecular weight is 412 g/mol. The number of nitrogens with one attached hydrogen (secondary N) is 4. The van der Waals surface area contributed by atoms with Crippen molar-refractivity contribution in [2.45, 2.75) is 51.4 Å². The van der Waals surface area contributed by atoms with Gasteiger partial charge in [0, 0.05) is 18.3 Å². The second-order valence-corrected chi connectivity index (χ2v) is 6.95. The van der Waals surface area contributed by atoms with Crippen molar-refractivity contribution in [3.8, 4) is 0 Å². The van der Waals surface area contributed by atoms with Gasteiger partial charge in [0.1, 0.15) is 18.1 Å². The highest BCUT2D eigenvalue weighted by atomic mass is 16.4. The fourth-order valence-corrected chi connectivity index (χ4v) is 2.34. The number of hydrogen-bond donors (Lipinski definition) is 7. The number of aromatic nitrogens is 2. The summed E-state index contributed by atoms with van der Waals surface area (Å²) in [5, 5.41) is 25.7. The van der Waals surface area contributed by atoms with Crippen LogP contribution in [-0.2, 0) is 25.6 Å². The van der Waals surface area contributed by atoms with E-state index in [-0.39, 0.29) is 12.3 Å². The standard InChI is InChI=1S/C17H28N6O6/c1-8(2)14(23-12(25)6-20-15(26)13(18)9(3)24)16(27)22-11(17(28)29)4-10-5-19-7-21-10/h5,7-9,11,13-14,24H,4,6,18H2,1-3H3,(H,19,21)(H,20,26)(H,22,27)(H,23,25)(H,28,29). The van der Waals surface area contributed by atoms with E-state index in [4.69, 9.17) is 5.73 Å². The molecular formula is C17H28N6O6. The Bertz CT molecular complexity index is 705.